The van der Waals surface area contributed by atoms with Crippen molar-refractivity contribution < 1.29 is 13.6 Å². The number of carbonyl (C=O) groups is 1. The van der Waals surface area contributed by atoms with Crippen LogP contribution in [0.25, 0.3) is 0 Å². The molecule has 0 fully saturated rings. The fraction of sp³-hybridized carbons (Fsp3) is 0.528. The third-order valence-electron chi connectivity index (χ3n) is 4.84. The third kappa shape index (κ3) is 39.3. The van der Waals surface area contributed by atoms with Crippen LogP contribution in [0.4, 0.5) is 20.2 Å². The fourth-order valence-corrected chi connectivity index (χ4v) is 2.01. The summed E-state index contributed by atoms with van der Waals surface area (Å²) in [4.78, 5) is 9.95. The highest BCUT2D eigenvalue weighted by atomic mass is 19.1. The summed E-state index contributed by atoms with van der Waals surface area (Å²) in [5.41, 5.74) is 2.88. The van der Waals surface area contributed by atoms with E-state index in [0.717, 1.165) is 23.6 Å². The molecule has 0 bridgehead atoms. The third-order valence-corrected chi connectivity index (χ3v) is 4.84. The average Bonchev–Trinajstić information content (AvgIpc) is 3.00. The Hall–Kier alpha value is -2.95. The molecule has 2 aromatic rings. The number of hydrogen-bond donors (Lipinski definition) is 2. The number of unbranched alkanes of at least 4 members (excludes halogenated alkanes) is 1. The molecular formula is C36H66F2N2O. The molecule has 1 atom stereocenters. The molecule has 1 unspecified atom stereocenters. The molecule has 2 N–H and O–H groups in total. The molecule has 0 aliphatic heterocycles. The van der Waals surface area contributed by atoms with Gasteiger partial charge in [0, 0.05) is 17.5 Å². The highest BCUT2D eigenvalue weighted by Crippen LogP contribution is 2.16. The molecule has 0 spiro atoms. The minimum absolute atomic E-state index is 0.240. The SMILES string of the molecule is C=C.C=C(C)Nc1ccc(F)cc1F.CC.CC.CC.CCC(C)C(C)C.CCCC.Cc1ccc(NC=O)cc1. The van der Waals surface area contributed by atoms with Gasteiger partial charge in [-0.25, -0.2) is 8.78 Å². The standard InChI is InChI=1S/C9H9F2N.C8H9NO.C7H16.C4H10.3C2H6.C2H4/c1-6(2)12-9-4-3-7(10)5-8(9)11;1-7-2-4-8(5-3-7)9-6-10;1-5-7(4)6(2)3;1-3-4-2;4*1-2/h3-5,12H,1H2,2H3;2-6H,1H3,(H,9,10);6-7H,5H2,1-4H3;3-4H2,1-2H3;3*1-2H3;1-2H2. The highest BCUT2D eigenvalue weighted by molar-refractivity contribution is 5.70. The molecule has 0 aliphatic rings. The first-order valence-electron chi connectivity index (χ1n) is 15.2. The van der Waals surface area contributed by atoms with Crippen LogP contribution in [-0.4, -0.2) is 6.41 Å². The highest BCUT2D eigenvalue weighted by Gasteiger charge is 2.02. The quantitative estimate of drug-likeness (QED) is 0.253. The number of carbonyl (C=O) groups excluding carboxylic acids is 1. The van der Waals surface area contributed by atoms with Gasteiger partial charge in [0.15, 0.2) is 0 Å². The molecule has 3 nitrogen and oxygen atoms in total. The zero-order chi connectivity index (χ0) is 33.8. The van der Waals surface area contributed by atoms with Gasteiger partial charge < -0.3 is 10.6 Å². The summed E-state index contributed by atoms with van der Waals surface area (Å²) in [6, 6.07) is 11.0. The number of amides is 1. The van der Waals surface area contributed by atoms with E-state index in [0.29, 0.717) is 12.1 Å². The molecule has 0 saturated heterocycles. The van der Waals surface area contributed by atoms with Crippen molar-refractivity contribution in [3.8, 4) is 0 Å². The minimum Gasteiger partial charge on any atom is -0.357 e. The van der Waals surface area contributed by atoms with Gasteiger partial charge in [-0.1, -0.05) is 127 Å². The van der Waals surface area contributed by atoms with Gasteiger partial charge in [0.2, 0.25) is 6.41 Å². The van der Waals surface area contributed by atoms with Crippen molar-refractivity contribution in [2.24, 2.45) is 11.8 Å². The Morgan fingerprint density at radius 2 is 1.29 bits per heavy atom. The Morgan fingerprint density at radius 3 is 1.56 bits per heavy atom. The molecule has 41 heavy (non-hydrogen) atoms. The maximum absolute atomic E-state index is 12.9. The first-order valence-corrected chi connectivity index (χ1v) is 15.2. The number of nitrogens with one attached hydrogen (secondary N) is 2. The maximum Gasteiger partial charge on any atom is 0.211 e. The summed E-state index contributed by atoms with van der Waals surface area (Å²) in [5, 5.41) is 5.22. The van der Waals surface area contributed by atoms with Crippen LogP contribution in [0.15, 0.2) is 67.9 Å². The Morgan fingerprint density at radius 1 is 0.854 bits per heavy atom. The van der Waals surface area contributed by atoms with E-state index in [4.69, 9.17) is 0 Å². The van der Waals surface area contributed by atoms with Crippen LogP contribution in [0.2, 0.25) is 0 Å². The van der Waals surface area contributed by atoms with Crippen molar-refractivity contribution in [3.63, 3.8) is 0 Å². The molecule has 0 radical (unpaired) electrons. The van der Waals surface area contributed by atoms with Crippen molar-refractivity contribution >= 4 is 17.8 Å². The lowest BCUT2D eigenvalue weighted by molar-refractivity contribution is -0.105. The molecule has 0 aromatic heterocycles. The number of aryl methyl sites for hydroxylation is 1. The van der Waals surface area contributed by atoms with Gasteiger partial charge in [-0.05, 0) is 49.9 Å². The van der Waals surface area contributed by atoms with Crippen LogP contribution in [0, 0.1) is 30.4 Å². The second-order valence-corrected chi connectivity index (χ2v) is 8.29. The van der Waals surface area contributed by atoms with Crippen molar-refractivity contribution in [2.45, 2.75) is 116 Å². The minimum atomic E-state index is -0.613. The predicted molar refractivity (Wildman–Crippen MR) is 186 cm³/mol. The summed E-state index contributed by atoms with van der Waals surface area (Å²) < 4.78 is 25.3. The monoisotopic (exact) mass is 581 g/mol. The van der Waals surface area contributed by atoms with E-state index >= 15 is 0 Å². The number of rotatable bonds is 7. The number of benzene rings is 2. The van der Waals surface area contributed by atoms with Crippen molar-refractivity contribution in [1.82, 2.24) is 0 Å². The van der Waals surface area contributed by atoms with E-state index in [-0.39, 0.29) is 5.69 Å². The lowest BCUT2D eigenvalue weighted by Gasteiger charge is -2.10. The molecule has 0 saturated carbocycles. The van der Waals surface area contributed by atoms with E-state index in [1.165, 1.54) is 37.0 Å². The maximum atomic E-state index is 12.9. The van der Waals surface area contributed by atoms with E-state index < -0.39 is 11.6 Å². The van der Waals surface area contributed by atoms with Crippen molar-refractivity contribution in [3.05, 3.63) is 85.1 Å². The zero-order valence-electron chi connectivity index (χ0n) is 29.2. The fourth-order valence-electron chi connectivity index (χ4n) is 2.01. The van der Waals surface area contributed by atoms with Gasteiger partial charge >= 0.3 is 0 Å². The van der Waals surface area contributed by atoms with Crippen LogP contribution in [0.1, 0.15) is 115 Å². The molecule has 2 aromatic carbocycles. The molecule has 1 amide bonds. The Balaban J connectivity index is -0.0000000959. The topological polar surface area (TPSA) is 41.1 Å². The Labute approximate surface area is 255 Å². The van der Waals surface area contributed by atoms with Crippen molar-refractivity contribution in [1.29, 1.82) is 0 Å². The molecule has 0 heterocycles. The second kappa shape index (κ2) is 41.5. The van der Waals surface area contributed by atoms with Gasteiger partial charge in [-0.15, -0.1) is 13.2 Å². The smallest absolute Gasteiger partial charge is 0.211 e. The van der Waals surface area contributed by atoms with Gasteiger partial charge in [-0.3, -0.25) is 4.79 Å². The van der Waals surface area contributed by atoms with Crippen LogP contribution in [-0.2, 0) is 4.79 Å². The Bertz CT molecular complexity index is 789. The first-order chi connectivity index (χ1) is 19.5. The first kappa shape index (κ1) is 50.8. The summed E-state index contributed by atoms with van der Waals surface area (Å²) in [7, 11) is 0. The van der Waals surface area contributed by atoms with Crippen LogP contribution in [0.5, 0.6) is 0 Å². The summed E-state index contributed by atoms with van der Waals surface area (Å²) in [6.07, 6.45) is 4.63. The normalized spacial score (nSPS) is 8.80. The molecule has 5 heteroatoms. The number of halogens is 2. The van der Waals surface area contributed by atoms with Gasteiger partial charge in [-0.2, -0.15) is 0 Å². The molecule has 0 aliphatic carbocycles. The van der Waals surface area contributed by atoms with Gasteiger partial charge in [0.25, 0.3) is 0 Å². The van der Waals surface area contributed by atoms with E-state index in [9.17, 15) is 13.6 Å². The zero-order valence-corrected chi connectivity index (χ0v) is 29.2. The number of hydrogen-bond acceptors (Lipinski definition) is 2. The molecule has 2 rings (SSSR count). The number of anilines is 2. The van der Waals surface area contributed by atoms with Gasteiger partial charge in [0.05, 0.1) is 5.69 Å². The van der Waals surface area contributed by atoms with E-state index in [1.807, 2.05) is 72.7 Å². The van der Waals surface area contributed by atoms with Gasteiger partial charge in [0.1, 0.15) is 11.6 Å². The Kier molecular flexibility index (Phi) is 51.5. The van der Waals surface area contributed by atoms with E-state index in [2.05, 4.69) is 71.9 Å². The summed E-state index contributed by atoms with van der Waals surface area (Å²) in [5.74, 6) is 0.572. The predicted octanol–water partition coefficient (Wildman–Crippen LogP) is 12.8. The summed E-state index contributed by atoms with van der Waals surface area (Å²) in [6.45, 7) is 38.7. The van der Waals surface area contributed by atoms with E-state index in [1.54, 1.807) is 6.92 Å². The molecular weight excluding hydrogens is 514 g/mol. The lowest BCUT2D eigenvalue weighted by atomic mass is 9.96. The van der Waals surface area contributed by atoms with Crippen LogP contribution < -0.4 is 10.6 Å². The molecule has 240 valence electrons. The average molecular weight is 581 g/mol. The number of allylic oxidation sites excluding steroid dienone is 1. The van der Waals surface area contributed by atoms with Crippen LogP contribution >= 0.6 is 0 Å². The lowest BCUT2D eigenvalue weighted by Crippen LogP contribution is -2.00. The van der Waals surface area contributed by atoms with Crippen LogP contribution in [0.3, 0.4) is 0 Å². The largest absolute Gasteiger partial charge is 0.357 e. The van der Waals surface area contributed by atoms with Crippen molar-refractivity contribution in [2.75, 3.05) is 10.6 Å². The summed E-state index contributed by atoms with van der Waals surface area (Å²) >= 11 is 0. The second-order valence-electron chi connectivity index (χ2n) is 8.29.